The second kappa shape index (κ2) is 7.15. The van der Waals surface area contributed by atoms with Gasteiger partial charge in [-0.1, -0.05) is 18.2 Å². The first-order valence-corrected chi connectivity index (χ1v) is 9.65. The molecule has 8 heteroatoms. The standard InChI is InChI=1S/C14H18N2O4S2/c1-10-4-2-3-5-12(10)21-8-13(17)15-16-14(18)11-6-7-22(19,20)9-11/h2-5,11H,6-9H2,1H3,(H,15,17)(H,16,18)/t11-/m0/s1. The molecule has 120 valence electrons. The zero-order valence-electron chi connectivity index (χ0n) is 12.2. The van der Waals surface area contributed by atoms with E-state index in [0.717, 1.165) is 10.5 Å². The molecule has 2 rings (SSSR count). The minimum Gasteiger partial charge on any atom is -0.273 e. The van der Waals surface area contributed by atoms with Crippen molar-refractivity contribution in [2.45, 2.75) is 18.2 Å². The monoisotopic (exact) mass is 342 g/mol. The van der Waals surface area contributed by atoms with E-state index < -0.39 is 21.7 Å². The third-order valence-corrected chi connectivity index (χ3v) is 6.32. The maximum Gasteiger partial charge on any atom is 0.248 e. The average molecular weight is 342 g/mol. The minimum atomic E-state index is -3.11. The molecule has 1 heterocycles. The lowest BCUT2D eigenvalue weighted by atomic mass is 10.1. The highest BCUT2D eigenvalue weighted by molar-refractivity contribution is 8.00. The zero-order valence-corrected chi connectivity index (χ0v) is 13.8. The Morgan fingerprint density at radius 1 is 1.27 bits per heavy atom. The maximum atomic E-state index is 11.8. The van der Waals surface area contributed by atoms with Gasteiger partial charge in [-0.05, 0) is 25.0 Å². The van der Waals surface area contributed by atoms with E-state index in [4.69, 9.17) is 0 Å². The Labute approximate surface area is 133 Å². The summed E-state index contributed by atoms with van der Waals surface area (Å²) in [6.07, 6.45) is 0.308. The summed E-state index contributed by atoms with van der Waals surface area (Å²) in [5.41, 5.74) is 5.70. The van der Waals surface area contributed by atoms with Crippen molar-refractivity contribution in [1.29, 1.82) is 0 Å². The van der Waals surface area contributed by atoms with E-state index in [0.29, 0.717) is 6.42 Å². The molecule has 0 aliphatic carbocycles. The third-order valence-electron chi connectivity index (χ3n) is 3.38. The van der Waals surface area contributed by atoms with Crippen LogP contribution in [0, 0.1) is 12.8 Å². The van der Waals surface area contributed by atoms with E-state index in [1.54, 1.807) is 0 Å². The Morgan fingerprint density at radius 3 is 2.64 bits per heavy atom. The van der Waals surface area contributed by atoms with Crippen LogP contribution in [0.5, 0.6) is 0 Å². The van der Waals surface area contributed by atoms with E-state index in [9.17, 15) is 18.0 Å². The second-order valence-electron chi connectivity index (χ2n) is 5.19. The van der Waals surface area contributed by atoms with Crippen LogP contribution in [0.4, 0.5) is 0 Å². The summed E-state index contributed by atoms with van der Waals surface area (Å²) < 4.78 is 22.6. The molecule has 2 N–H and O–H groups in total. The summed E-state index contributed by atoms with van der Waals surface area (Å²) in [6.45, 7) is 1.96. The number of hydrogen-bond acceptors (Lipinski definition) is 5. The van der Waals surface area contributed by atoms with E-state index in [2.05, 4.69) is 10.9 Å². The molecule has 0 unspecified atom stereocenters. The smallest absolute Gasteiger partial charge is 0.248 e. The largest absolute Gasteiger partial charge is 0.273 e. The fourth-order valence-electron chi connectivity index (χ4n) is 2.13. The Bertz CT molecular complexity index is 673. The first-order chi connectivity index (χ1) is 10.4. The first-order valence-electron chi connectivity index (χ1n) is 6.85. The third kappa shape index (κ3) is 4.74. The van der Waals surface area contributed by atoms with Crippen LogP contribution in [-0.4, -0.2) is 37.5 Å². The predicted octanol–water partition coefficient (Wildman–Crippen LogP) is 0.669. The molecule has 1 saturated heterocycles. The molecule has 0 spiro atoms. The van der Waals surface area contributed by atoms with Crippen LogP contribution in [0.3, 0.4) is 0 Å². The number of rotatable bonds is 4. The zero-order chi connectivity index (χ0) is 16.2. The number of thioether (sulfide) groups is 1. The van der Waals surface area contributed by atoms with E-state index in [-0.39, 0.29) is 23.2 Å². The Kier molecular flexibility index (Phi) is 5.47. The van der Waals surface area contributed by atoms with Crippen LogP contribution in [-0.2, 0) is 19.4 Å². The highest BCUT2D eigenvalue weighted by Crippen LogP contribution is 2.21. The number of carbonyl (C=O) groups excluding carboxylic acids is 2. The van der Waals surface area contributed by atoms with Gasteiger partial charge in [0.25, 0.3) is 0 Å². The molecule has 1 fully saturated rings. The van der Waals surface area contributed by atoms with Crippen molar-refractivity contribution in [3.63, 3.8) is 0 Å². The molecule has 0 radical (unpaired) electrons. The van der Waals surface area contributed by atoms with Gasteiger partial charge in [0.2, 0.25) is 11.8 Å². The highest BCUT2D eigenvalue weighted by Gasteiger charge is 2.33. The van der Waals surface area contributed by atoms with Gasteiger partial charge >= 0.3 is 0 Å². The number of hydrogen-bond donors (Lipinski definition) is 2. The normalized spacial score (nSPS) is 19.6. The summed E-state index contributed by atoms with van der Waals surface area (Å²) in [5.74, 6) is -1.30. The lowest BCUT2D eigenvalue weighted by Crippen LogP contribution is -2.45. The van der Waals surface area contributed by atoms with Gasteiger partial charge in [0.15, 0.2) is 9.84 Å². The summed E-state index contributed by atoms with van der Waals surface area (Å²) in [6, 6.07) is 7.71. The molecular formula is C14H18N2O4S2. The SMILES string of the molecule is Cc1ccccc1SCC(=O)NNC(=O)[C@H]1CCS(=O)(=O)C1. The van der Waals surface area contributed by atoms with Crippen LogP contribution in [0.15, 0.2) is 29.2 Å². The maximum absolute atomic E-state index is 11.8. The van der Waals surface area contributed by atoms with Gasteiger partial charge in [0.1, 0.15) is 0 Å². The number of hydrazine groups is 1. The van der Waals surface area contributed by atoms with E-state index >= 15 is 0 Å². The van der Waals surface area contributed by atoms with E-state index in [1.807, 2.05) is 31.2 Å². The Morgan fingerprint density at radius 2 is 2.00 bits per heavy atom. The molecular weight excluding hydrogens is 324 g/mol. The number of sulfone groups is 1. The number of benzene rings is 1. The molecule has 0 aromatic heterocycles. The molecule has 1 aliphatic rings. The first kappa shape index (κ1) is 16.8. The lowest BCUT2D eigenvalue weighted by molar-refractivity contribution is -0.129. The van der Waals surface area contributed by atoms with E-state index in [1.165, 1.54) is 11.8 Å². The number of carbonyl (C=O) groups is 2. The number of aryl methyl sites for hydroxylation is 1. The molecule has 1 aliphatic heterocycles. The Balaban J connectivity index is 1.74. The quantitative estimate of drug-likeness (QED) is 0.620. The topological polar surface area (TPSA) is 92.3 Å². The van der Waals surface area contributed by atoms with Gasteiger partial charge in [-0.25, -0.2) is 8.42 Å². The van der Waals surface area contributed by atoms with Gasteiger partial charge < -0.3 is 0 Å². The summed E-state index contributed by atoms with van der Waals surface area (Å²) in [4.78, 5) is 24.5. The molecule has 1 aromatic rings. The van der Waals surface area contributed by atoms with Crippen molar-refractivity contribution in [2.75, 3.05) is 17.3 Å². The van der Waals surface area contributed by atoms with Crippen molar-refractivity contribution in [1.82, 2.24) is 10.9 Å². The summed E-state index contributed by atoms with van der Waals surface area (Å²) >= 11 is 1.38. The molecule has 1 aromatic carbocycles. The van der Waals surface area contributed by atoms with Crippen LogP contribution in [0.1, 0.15) is 12.0 Å². The van der Waals surface area contributed by atoms with Gasteiger partial charge in [0, 0.05) is 4.90 Å². The van der Waals surface area contributed by atoms with Gasteiger partial charge in [-0.2, -0.15) is 0 Å². The predicted molar refractivity (Wildman–Crippen MR) is 84.9 cm³/mol. The molecule has 6 nitrogen and oxygen atoms in total. The van der Waals surface area contributed by atoms with Crippen LogP contribution >= 0.6 is 11.8 Å². The fourth-order valence-corrected chi connectivity index (χ4v) is 4.70. The van der Waals surface area contributed by atoms with Gasteiger partial charge in [-0.3, -0.25) is 20.4 Å². The number of nitrogens with one attached hydrogen (secondary N) is 2. The van der Waals surface area contributed by atoms with Crippen LogP contribution in [0.2, 0.25) is 0 Å². The average Bonchev–Trinajstić information content (AvgIpc) is 2.84. The van der Waals surface area contributed by atoms with Crippen molar-refractivity contribution < 1.29 is 18.0 Å². The van der Waals surface area contributed by atoms with Crippen molar-refractivity contribution in [3.8, 4) is 0 Å². The molecule has 0 saturated carbocycles. The minimum absolute atomic E-state index is 0.0299. The molecule has 1 atom stereocenters. The highest BCUT2D eigenvalue weighted by atomic mass is 32.2. The fraction of sp³-hybridized carbons (Fsp3) is 0.429. The van der Waals surface area contributed by atoms with Crippen molar-refractivity contribution in [2.24, 2.45) is 5.92 Å². The number of amides is 2. The lowest BCUT2D eigenvalue weighted by Gasteiger charge is -2.11. The van der Waals surface area contributed by atoms with Crippen LogP contribution in [0.25, 0.3) is 0 Å². The summed E-state index contributed by atoms with van der Waals surface area (Å²) in [5, 5.41) is 0. The van der Waals surface area contributed by atoms with Crippen molar-refractivity contribution >= 4 is 33.4 Å². The Hall–Kier alpha value is -1.54. The summed E-state index contributed by atoms with van der Waals surface area (Å²) in [7, 11) is -3.11. The van der Waals surface area contributed by atoms with Gasteiger partial charge in [-0.15, -0.1) is 11.8 Å². The van der Waals surface area contributed by atoms with Crippen molar-refractivity contribution in [3.05, 3.63) is 29.8 Å². The van der Waals surface area contributed by atoms with Crippen LogP contribution < -0.4 is 10.9 Å². The van der Waals surface area contributed by atoms with Gasteiger partial charge in [0.05, 0.1) is 23.2 Å². The second-order valence-corrected chi connectivity index (χ2v) is 8.44. The molecule has 22 heavy (non-hydrogen) atoms. The molecule has 0 bridgehead atoms. The molecule has 2 amide bonds.